The Morgan fingerprint density at radius 2 is 1.95 bits per heavy atom. The first-order valence-electron chi connectivity index (χ1n) is 6.70. The molecule has 104 valence electrons. The summed E-state index contributed by atoms with van der Waals surface area (Å²) in [6, 6.07) is 5.15. The first kappa shape index (κ1) is 14.5. The molecule has 3 nitrogen and oxygen atoms in total. The van der Waals surface area contributed by atoms with Crippen LogP contribution in [0.1, 0.15) is 44.1 Å². The van der Waals surface area contributed by atoms with E-state index in [1.807, 2.05) is 0 Å². The van der Waals surface area contributed by atoms with Crippen molar-refractivity contribution in [2.75, 3.05) is 0 Å². The van der Waals surface area contributed by atoms with Crippen LogP contribution in [0.25, 0.3) is 0 Å². The zero-order valence-corrected chi connectivity index (χ0v) is 12.4. The lowest BCUT2D eigenvalue weighted by Crippen LogP contribution is -2.33. The van der Waals surface area contributed by atoms with E-state index in [1.54, 1.807) is 12.1 Å². The van der Waals surface area contributed by atoms with Crippen LogP contribution in [0, 0.1) is 5.82 Å². The number of nitrogens with zero attached hydrogens (tertiary/aromatic N) is 1. The van der Waals surface area contributed by atoms with Gasteiger partial charge in [0.05, 0.1) is 11.6 Å². The summed E-state index contributed by atoms with van der Waals surface area (Å²) in [6.45, 7) is 0. The average Bonchev–Trinajstić information content (AvgIpc) is 2.65. The second-order valence-corrected chi connectivity index (χ2v) is 5.81. The smallest absolute Gasteiger partial charge is 0.145 e. The normalized spacial score (nSPS) is 18.2. The lowest BCUT2D eigenvalue weighted by Gasteiger charge is -2.13. The third-order valence-corrected chi connectivity index (χ3v) is 3.95. The number of nitrogens with two attached hydrogens (primary N) is 1. The zero-order chi connectivity index (χ0) is 13.7. The summed E-state index contributed by atoms with van der Waals surface area (Å²) < 4.78 is 14.6. The van der Waals surface area contributed by atoms with E-state index in [9.17, 15) is 4.39 Å². The Morgan fingerprint density at radius 3 is 2.53 bits per heavy atom. The standard InChI is InChI=1S/C14H19BrFN3/c15-10-7-8-12(13(16)9-10)14(19-17)18-11-5-3-1-2-4-6-11/h7-9,11H,1-6,17H2,(H,18,19). The number of halogens is 2. The molecule has 0 bridgehead atoms. The van der Waals surface area contributed by atoms with Gasteiger partial charge in [-0.2, -0.15) is 0 Å². The number of nitrogens with one attached hydrogen (secondary N) is 1. The number of hydrazine groups is 1. The third kappa shape index (κ3) is 4.01. The summed E-state index contributed by atoms with van der Waals surface area (Å²) in [7, 11) is 0. The van der Waals surface area contributed by atoms with Crippen LogP contribution in [-0.4, -0.2) is 11.9 Å². The van der Waals surface area contributed by atoms with Gasteiger partial charge in [-0.1, -0.05) is 41.6 Å². The highest BCUT2D eigenvalue weighted by Gasteiger charge is 2.14. The number of benzene rings is 1. The van der Waals surface area contributed by atoms with Crippen molar-refractivity contribution in [3.63, 3.8) is 0 Å². The SMILES string of the molecule is NNC(=NC1CCCCCC1)c1ccc(Br)cc1F. The molecule has 0 unspecified atom stereocenters. The molecule has 1 aliphatic carbocycles. The molecule has 0 heterocycles. The molecule has 19 heavy (non-hydrogen) atoms. The first-order chi connectivity index (χ1) is 9.20. The maximum atomic E-state index is 13.9. The molecule has 1 aromatic carbocycles. The second kappa shape index (κ2) is 7.01. The maximum Gasteiger partial charge on any atom is 0.145 e. The predicted molar refractivity (Wildman–Crippen MR) is 79.5 cm³/mol. The van der Waals surface area contributed by atoms with Gasteiger partial charge in [0.25, 0.3) is 0 Å². The summed E-state index contributed by atoms with van der Waals surface area (Å²) in [5, 5.41) is 0. The van der Waals surface area contributed by atoms with Gasteiger partial charge >= 0.3 is 0 Å². The van der Waals surface area contributed by atoms with Crippen molar-refractivity contribution < 1.29 is 4.39 Å². The Hall–Kier alpha value is -0.940. The van der Waals surface area contributed by atoms with E-state index in [0.717, 1.165) is 12.8 Å². The molecule has 3 N–H and O–H groups in total. The van der Waals surface area contributed by atoms with E-state index in [1.165, 1.54) is 31.7 Å². The van der Waals surface area contributed by atoms with E-state index in [-0.39, 0.29) is 11.9 Å². The van der Waals surface area contributed by atoms with Crippen LogP contribution in [0.3, 0.4) is 0 Å². The van der Waals surface area contributed by atoms with Gasteiger partial charge in [-0.15, -0.1) is 0 Å². The molecule has 0 spiro atoms. The van der Waals surface area contributed by atoms with Crippen LogP contribution in [0.5, 0.6) is 0 Å². The summed E-state index contributed by atoms with van der Waals surface area (Å²) in [4.78, 5) is 4.60. The van der Waals surface area contributed by atoms with E-state index in [4.69, 9.17) is 5.84 Å². The van der Waals surface area contributed by atoms with Gasteiger partial charge in [-0.25, -0.2) is 10.2 Å². The van der Waals surface area contributed by atoms with Crippen LogP contribution >= 0.6 is 15.9 Å². The minimum absolute atomic E-state index is 0.247. The van der Waals surface area contributed by atoms with E-state index in [2.05, 4.69) is 26.3 Å². The third-order valence-electron chi connectivity index (χ3n) is 3.46. The van der Waals surface area contributed by atoms with Crippen molar-refractivity contribution in [2.24, 2.45) is 10.8 Å². The highest BCUT2D eigenvalue weighted by atomic mass is 79.9. The van der Waals surface area contributed by atoms with Gasteiger partial charge in [0.15, 0.2) is 0 Å². The molecule has 1 aliphatic rings. The van der Waals surface area contributed by atoms with Crippen LogP contribution in [0.2, 0.25) is 0 Å². The van der Waals surface area contributed by atoms with Gasteiger partial charge in [-0.05, 0) is 31.0 Å². The summed E-state index contributed by atoms with van der Waals surface area (Å²) in [5.41, 5.74) is 2.97. The number of hydrogen-bond acceptors (Lipinski definition) is 2. The lowest BCUT2D eigenvalue weighted by atomic mass is 10.1. The molecule has 0 saturated heterocycles. The average molecular weight is 328 g/mol. The predicted octanol–water partition coefficient (Wildman–Crippen LogP) is 3.52. The maximum absolute atomic E-state index is 13.9. The van der Waals surface area contributed by atoms with Gasteiger partial charge in [0.2, 0.25) is 0 Å². The van der Waals surface area contributed by atoms with Crippen LogP contribution in [0.4, 0.5) is 4.39 Å². The Balaban J connectivity index is 2.22. The second-order valence-electron chi connectivity index (χ2n) is 4.89. The Kier molecular flexibility index (Phi) is 5.34. The summed E-state index contributed by atoms with van der Waals surface area (Å²) >= 11 is 3.24. The molecule has 1 aromatic rings. The molecule has 0 aromatic heterocycles. The van der Waals surface area contributed by atoms with Crippen LogP contribution in [-0.2, 0) is 0 Å². The first-order valence-corrected chi connectivity index (χ1v) is 7.50. The van der Waals surface area contributed by atoms with E-state index >= 15 is 0 Å². The van der Waals surface area contributed by atoms with E-state index in [0.29, 0.717) is 15.9 Å². The fourth-order valence-electron chi connectivity index (χ4n) is 2.44. The fraction of sp³-hybridized carbons (Fsp3) is 0.500. The Labute approximate surface area is 121 Å². The molecular formula is C14H19BrFN3. The Bertz CT molecular complexity index is 454. The topological polar surface area (TPSA) is 50.4 Å². The summed E-state index contributed by atoms with van der Waals surface area (Å²) in [6.07, 6.45) is 7.03. The van der Waals surface area contributed by atoms with Crippen molar-refractivity contribution in [3.05, 3.63) is 34.1 Å². The van der Waals surface area contributed by atoms with Crippen LogP contribution < -0.4 is 11.3 Å². The highest BCUT2D eigenvalue weighted by molar-refractivity contribution is 9.10. The minimum Gasteiger partial charge on any atom is -0.308 e. The van der Waals surface area contributed by atoms with Crippen molar-refractivity contribution in [1.82, 2.24) is 5.43 Å². The quantitative estimate of drug-likeness (QED) is 0.287. The molecule has 0 atom stereocenters. The number of amidine groups is 1. The molecule has 0 aliphatic heterocycles. The van der Waals surface area contributed by atoms with Crippen molar-refractivity contribution in [3.8, 4) is 0 Å². The number of rotatable bonds is 2. The zero-order valence-electron chi connectivity index (χ0n) is 10.8. The van der Waals surface area contributed by atoms with Gasteiger partial charge in [0, 0.05) is 4.47 Å². The largest absolute Gasteiger partial charge is 0.308 e. The van der Waals surface area contributed by atoms with Gasteiger partial charge in [0.1, 0.15) is 11.7 Å². The molecule has 1 saturated carbocycles. The van der Waals surface area contributed by atoms with Crippen LogP contribution in [0.15, 0.2) is 27.7 Å². The molecule has 0 radical (unpaired) electrons. The minimum atomic E-state index is -0.320. The van der Waals surface area contributed by atoms with Gasteiger partial charge < -0.3 is 5.43 Å². The molecule has 0 amide bonds. The molecule has 1 fully saturated rings. The van der Waals surface area contributed by atoms with Gasteiger partial charge in [-0.3, -0.25) is 4.99 Å². The van der Waals surface area contributed by atoms with Crippen molar-refractivity contribution >= 4 is 21.8 Å². The molecule has 2 rings (SSSR count). The number of hydrogen-bond donors (Lipinski definition) is 2. The molecule has 5 heteroatoms. The Morgan fingerprint density at radius 1 is 1.26 bits per heavy atom. The lowest BCUT2D eigenvalue weighted by molar-refractivity contribution is 0.581. The monoisotopic (exact) mass is 327 g/mol. The summed E-state index contributed by atoms with van der Waals surface area (Å²) in [5.74, 6) is 5.63. The van der Waals surface area contributed by atoms with Crippen molar-refractivity contribution in [2.45, 2.75) is 44.6 Å². The molecular weight excluding hydrogens is 309 g/mol. The highest BCUT2D eigenvalue weighted by Crippen LogP contribution is 2.21. The van der Waals surface area contributed by atoms with E-state index < -0.39 is 0 Å². The number of aliphatic imine (C=N–C) groups is 1. The fourth-order valence-corrected chi connectivity index (χ4v) is 2.77. The van der Waals surface area contributed by atoms with Crippen molar-refractivity contribution in [1.29, 1.82) is 0 Å².